The first-order valence-corrected chi connectivity index (χ1v) is 15.8. The van der Waals surface area contributed by atoms with Gasteiger partial charge in [0.1, 0.15) is 17.5 Å². The number of rotatable bonds is 9. The standard InChI is InChI=1S/C36H36F5N3O6/c1-21-30(24-12-8-15-29(31(24)38)49-23-16-17-48-20-23)32(45)44(19-28(22-10-6-5-7-11-22)42-33(46)50-35(2,3)4)34(47)43(21)18-25-26(36(39,40)41)13-9-14-27(25)37/h5-15,23,28H,16-20H2,1-4H3,(H,42,46)/t23-,28+/m1/s1. The number of halogens is 5. The molecule has 266 valence electrons. The Hall–Kier alpha value is -4.98. The van der Waals surface area contributed by atoms with Crippen LogP contribution in [0.1, 0.15) is 55.6 Å². The minimum Gasteiger partial charge on any atom is -0.485 e. The average molecular weight is 702 g/mol. The molecule has 0 radical (unpaired) electrons. The number of alkyl halides is 3. The van der Waals surface area contributed by atoms with Crippen molar-refractivity contribution in [3.63, 3.8) is 0 Å². The van der Waals surface area contributed by atoms with Crippen molar-refractivity contribution in [1.82, 2.24) is 14.5 Å². The van der Waals surface area contributed by atoms with E-state index in [0.29, 0.717) is 29.2 Å². The van der Waals surface area contributed by atoms with Gasteiger partial charge in [-0.3, -0.25) is 13.9 Å². The van der Waals surface area contributed by atoms with E-state index in [1.54, 1.807) is 51.1 Å². The second kappa shape index (κ2) is 14.5. The number of nitrogens with zero attached hydrogens (tertiary/aromatic N) is 2. The van der Waals surface area contributed by atoms with Gasteiger partial charge in [0.2, 0.25) is 0 Å². The zero-order chi connectivity index (χ0) is 36.4. The lowest BCUT2D eigenvalue weighted by atomic mass is 10.0. The molecule has 14 heteroatoms. The second-order valence-corrected chi connectivity index (χ2v) is 12.8. The highest BCUT2D eigenvalue weighted by Crippen LogP contribution is 2.35. The number of ether oxygens (including phenoxy) is 3. The van der Waals surface area contributed by atoms with Crippen molar-refractivity contribution < 1.29 is 41.0 Å². The number of carbonyl (C=O) groups is 1. The lowest BCUT2D eigenvalue weighted by Crippen LogP contribution is -2.46. The van der Waals surface area contributed by atoms with Crippen LogP contribution in [-0.4, -0.2) is 40.1 Å². The van der Waals surface area contributed by atoms with Crippen molar-refractivity contribution in [3.8, 4) is 16.9 Å². The largest absolute Gasteiger partial charge is 0.485 e. The summed E-state index contributed by atoms with van der Waals surface area (Å²) in [5.74, 6) is -2.40. The minimum atomic E-state index is -4.98. The predicted octanol–water partition coefficient (Wildman–Crippen LogP) is 6.76. The number of alkyl carbamates (subject to hydrolysis) is 1. The highest BCUT2D eigenvalue weighted by Gasteiger charge is 2.35. The molecule has 0 spiro atoms. The van der Waals surface area contributed by atoms with Gasteiger partial charge in [0.05, 0.1) is 43.5 Å². The Morgan fingerprint density at radius 1 is 0.980 bits per heavy atom. The molecule has 50 heavy (non-hydrogen) atoms. The van der Waals surface area contributed by atoms with Gasteiger partial charge in [0.15, 0.2) is 11.6 Å². The molecule has 1 aromatic heterocycles. The molecule has 2 heterocycles. The van der Waals surface area contributed by atoms with E-state index in [-0.39, 0.29) is 29.2 Å². The average Bonchev–Trinajstić information content (AvgIpc) is 3.55. The molecule has 9 nitrogen and oxygen atoms in total. The third kappa shape index (κ3) is 8.07. The Morgan fingerprint density at radius 2 is 1.68 bits per heavy atom. The fourth-order valence-corrected chi connectivity index (χ4v) is 5.73. The van der Waals surface area contributed by atoms with Crippen LogP contribution >= 0.6 is 0 Å². The van der Waals surface area contributed by atoms with Gasteiger partial charge in [0.25, 0.3) is 5.56 Å². The molecule has 4 aromatic rings. The minimum absolute atomic E-state index is 0.205. The van der Waals surface area contributed by atoms with Gasteiger partial charge in [-0.05, 0) is 51.5 Å². The van der Waals surface area contributed by atoms with Crippen LogP contribution in [0.5, 0.6) is 5.75 Å². The van der Waals surface area contributed by atoms with E-state index in [0.717, 1.165) is 16.7 Å². The molecule has 5 rings (SSSR count). The SMILES string of the molecule is Cc1c(-c2cccc(O[C@@H]3CCOC3)c2F)c(=O)n(C[C@H](NC(=O)OC(C)(C)C)c2ccccc2)c(=O)n1Cc1c(F)cccc1C(F)(F)F. The van der Waals surface area contributed by atoms with Crippen LogP contribution in [0.15, 0.2) is 76.3 Å². The normalized spacial score (nSPS) is 15.5. The first kappa shape index (κ1) is 36.3. The summed E-state index contributed by atoms with van der Waals surface area (Å²) in [5.41, 5.74) is -5.63. The van der Waals surface area contributed by atoms with Gasteiger partial charge in [-0.15, -0.1) is 0 Å². The number of hydrogen-bond donors (Lipinski definition) is 1. The fourth-order valence-electron chi connectivity index (χ4n) is 5.73. The quantitative estimate of drug-likeness (QED) is 0.194. The number of amides is 1. The van der Waals surface area contributed by atoms with Crippen molar-refractivity contribution in [2.45, 2.75) is 71.1 Å². The van der Waals surface area contributed by atoms with Crippen LogP contribution in [0, 0.1) is 18.6 Å². The van der Waals surface area contributed by atoms with Crippen LogP contribution in [-0.2, 0) is 28.7 Å². The van der Waals surface area contributed by atoms with Crippen LogP contribution in [0.3, 0.4) is 0 Å². The number of benzene rings is 3. The van der Waals surface area contributed by atoms with Gasteiger partial charge < -0.3 is 19.5 Å². The monoisotopic (exact) mass is 701 g/mol. The Balaban J connectivity index is 1.72. The first-order valence-electron chi connectivity index (χ1n) is 15.8. The first-order chi connectivity index (χ1) is 23.5. The van der Waals surface area contributed by atoms with Crippen LogP contribution in [0.25, 0.3) is 11.1 Å². The lowest BCUT2D eigenvalue weighted by molar-refractivity contribution is -0.138. The molecule has 0 unspecified atom stereocenters. The molecule has 1 aliphatic heterocycles. The zero-order valence-electron chi connectivity index (χ0n) is 27.8. The molecule has 0 saturated carbocycles. The van der Waals surface area contributed by atoms with Gasteiger partial charge in [0, 0.05) is 23.2 Å². The van der Waals surface area contributed by atoms with E-state index >= 15 is 8.78 Å². The van der Waals surface area contributed by atoms with Crippen molar-refractivity contribution in [2.24, 2.45) is 0 Å². The summed E-state index contributed by atoms with van der Waals surface area (Å²) >= 11 is 0. The molecule has 3 aromatic carbocycles. The second-order valence-electron chi connectivity index (χ2n) is 12.8. The summed E-state index contributed by atoms with van der Waals surface area (Å²) in [4.78, 5) is 41.4. The highest BCUT2D eigenvalue weighted by molar-refractivity contribution is 5.69. The van der Waals surface area contributed by atoms with Gasteiger partial charge >= 0.3 is 18.0 Å². The molecule has 1 amide bonds. The van der Waals surface area contributed by atoms with Crippen LogP contribution in [0.4, 0.5) is 26.7 Å². The summed E-state index contributed by atoms with van der Waals surface area (Å²) in [6, 6.07) is 13.7. The maximum absolute atomic E-state index is 16.2. The van der Waals surface area contributed by atoms with E-state index < -0.39 is 77.1 Å². The topological polar surface area (TPSA) is 101 Å². The Bertz CT molecular complexity index is 1980. The van der Waals surface area contributed by atoms with Crippen molar-refractivity contribution in [2.75, 3.05) is 13.2 Å². The summed E-state index contributed by atoms with van der Waals surface area (Å²) in [5, 5.41) is 2.65. The van der Waals surface area contributed by atoms with E-state index in [9.17, 15) is 27.6 Å². The van der Waals surface area contributed by atoms with E-state index in [2.05, 4.69) is 5.32 Å². The lowest BCUT2D eigenvalue weighted by Gasteiger charge is -2.25. The van der Waals surface area contributed by atoms with Crippen molar-refractivity contribution in [1.29, 1.82) is 0 Å². The third-order valence-electron chi connectivity index (χ3n) is 8.10. The molecule has 1 fully saturated rings. The summed E-state index contributed by atoms with van der Waals surface area (Å²) in [6.07, 6.45) is -5.82. The molecule has 1 aliphatic rings. The molecular formula is C36H36F5N3O6. The molecule has 0 bridgehead atoms. The Morgan fingerprint density at radius 3 is 2.32 bits per heavy atom. The Labute approximate surface area is 284 Å². The van der Waals surface area contributed by atoms with Crippen LogP contribution in [0.2, 0.25) is 0 Å². The highest BCUT2D eigenvalue weighted by atomic mass is 19.4. The van der Waals surface area contributed by atoms with Crippen LogP contribution < -0.4 is 21.3 Å². The Kier molecular flexibility index (Phi) is 10.5. The summed E-state index contributed by atoms with van der Waals surface area (Å²) < 4.78 is 91.5. The van der Waals surface area contributed by atoms with E-state index in [4.69, 9.17) is 14.2 Å². The fraction of sp³-hybridized carbons (Fsp3) is 0.361. The smallest absolute Gasteiger partial charge is 0.416 e. The zero-order valence-corrected chi connectivity index (χ0v) is 27.8. The molecule has 1 N–H and O–H groups in total. The number of hydrogen-bond acceptors (Lipinski definition) is 6. The third-order valence-corrected chi connectivity index (χ3v) is 8.10. The van der Waals surface area contributed by atoms with Crippen molar-refractivity contribution >= 4 is 6.09 Å². The molecule has 2 atom stereocenters. The maximum atomic E-state index is 16.2. The maximum Gasteiger partial charge on any atom is 0.416 e. The van der Waals surface area contributed by atoms with Crippen molar-refractivity contribution in [3.05, 3.63) is 122 Å². The van der Waals surface area contributed by atoms with E-state index in [1.165, 1.54) is 25.1 Å². The predicted molar refractivity (Wildman–Crippen MR) is 174 cm³/mol. The summed E-state index contributed by atoms with van der Waals surface area (Å²) in [7, 11) is 0. The number of carbonyl (C=O) groups excluding carboxylic acids is 1. The molecular weight excluding hydrogens is 665 g/mol. The summed E-state index contributed by atoms with van der Waals surface area (Å²) in [6.45, 7) is 5.33. The molecule has 0 aliphatic carbocycles. The number of nitrogens with one attached hydrogen (secondary N) is 1. The van der Waals surface area contributed by atoms with Gasteiger partial charge in [-0.1, -0.05) is 48.5 Å². The number of aromatic nitrogens is 2. The van der Waals surface area contributed by atoms with E-state index in [1.807, 2.05) is 0 Å². The van der Waals surface area contributed by atoms with Gasteiger partial charge in [-0.25, -0.2) is 18.4 Å². The van der Waals surface area contributed by atoms with Gasteiger partial charge in [-0.2, -0.15) is 13.2 Å². The molecule has 1 saturated heterocycles.